The molecule has 5 nitrogen and oxygen atoms in total. The third-order valence-electron chi connectivity index (χ3n) is 4.91. The Balaban J connectivity index is 1.61. The van der Waals surface area contributed by atoms with Gasteiger partial charge in [0.1, 0.15) is 0 Å². The molecule has 3 rings (SSSR count). The van der Waals surface area contributed by atoms with Gasteiger partial charge in [-0.3, -0.25) is 4.79 Å². The van der Waals surface area contributed by atoms with E-state index in [9.17, 15) is 13.2 Å². The standard InChI is InChI=1S/C20H24N2O3S2/c1-2-15-7-9-17(10-8-15)27(24,25)22-13-11-16(12-14-22)21-20(23)18-5-3-4-6-19(18)26/h3-10,16,26H,2,11-14H2,1H3,(H,21,23). The molecule has 1 fully saturated rings. The summed E-state index contributed by atoms with van der Waals surface area (Å²) in [6.07, 6.45) is 2.06. The Morgan fingerprint density at radius 1 is 1.11 bits per heavy atom. The Labute approximate surface area is 166 Å². The van der Waals surface area contributed by atoms with E-state index in [0.29, 0.717) is 41.3 Å². The predicted molar refractivity (Wildman–Crippen MR) is 109 cm³/mol. The second-order valence-corrected chi connectivity index (χ2v) is 9.09. The van der Waals surface area contributed by atoms with E-state index in [1.807, 2.05) is 25.1 Å². The van der Waals surface area contributed by atoms with Crippen molar-refractivity contribution in [2.24, 2.45) is 0 Å². The summed E-state index contributed by atoms with van der Waals surface area (Å²) in [4.78, 5) is 13.4. The highest BCUT2D eigenvalue weighted by Gasteiger charge is 2.30. The lowest BCUT2D eigenvalue weighted by molar-refractivity contribution is 0.0921. The number of carbonyl (C=O) groups excluding carboxylic acids is 1. The minimum absolute atomic E-state index is 0.0423. The molecule has 0 bridgehead atoms. The fourth-order valence-corrected chi connectivity index (χ4v) is 4.95. The first kappa shape index (κ1) is 19.9. The number of sulfonamides is 1. The van der Waals surface area contributed by atoms with Gasteiger partial charge in [-0.25, -0.2) is 8.42 Å². The lowest BCUT2D eigenvalue weighted by Gasteiger charge is -2.31. The molecular formula is C20H24N2O3S2. The van der Waals surface area contributed by atoms with E-state index in [1.54, 1.807) is 30.3 Å². The molecule has 1 heterocycles. The zero-order valence-corrected chi connectivity index (χ0v) is 17.0. The summed E-state index contributed by atoms with van der Waals surface area (Å²) in [5, 5.41) is 2.99. The molecule has 2 aromatic rings. The van der Waals surface area contributed by atoms with Gasteiger partial charge >= 0.3 is 0 Å². The van der Waals surface area contributed by atoms with Gasteiger partial charge in [0.05, 0.1) is 10.5 Å². The first-order chi connectivity index (χ1) is 12.9. The van der Waals surface area contributed by atoms with Crippen molar-refractivity contribution in [1.29, 1.82) is 0 Å². The van der Waals surface area contributed by atoms with Crippen LogP contribution < -0.4 is 5.32 Å². The van der Waals surface area contributed by atoms with Gasteiger partial charge in [0.25, 0.3) is 5.91 Å². The number of benzene rings is 2. The second kappa shape index (κ2) is 8.46. The fourth-order valence-electron chi connectivity index (χ4n) is 3.22. The zero-order chi connectivity index (χ0) is 19.4. The van der Waals surface area contributed by atoms with Crippen molar-refractivity contribution in [2.75, 3.05) is 13.1 Å². The Hall–Kier alpha value is -1.83. The maximum absolute atomic E-state index is 12.8. The molecule has 1 amide bonds. The first-order valence-electron chi connectivity index (χ1n) is 9.09. The van der Waals surface area contributed by atoms with Gasteiger partial charge < -0.3 is 5.32 Å². The average molecular weight is 405 g/mol. The maximum Gasteiger partial charge on any atom is 0.252 e. The van der Waals surface area contributed by atoms with Gasteiger partial charge in [-0.15, -0.1) is 12.6 Å². The van der Waals surface area contributed by atoms with Gasteiger partial charge in [-0.2, -0.15) is 4.31 Å². The van der Waals surface area contributed by atoms with Gasteiger partial charge in [0.2, 0.25) is 10.0 Å². The summed E-state index contributed by atoms with van der Waals surface area (Å²) < 4.78 is 27.1. The van der Waals surface area contributed by atoms with Crippen LogP contribution in [0.15, 0.2) is 58.3 Å². The third-order valence-corrected chi connectivity index (χ3v) is 7.21. The number of aryl methyl sites for hydroxylation is 1. The summed E-state index contributed by atoms with van der Waals surface area (Å²) in [6, 6.07) is 14.2. The van der Waals surface area contributed by atoms with E-state index in [2.05, 4.69) is 17.9 Å². The van der Waals surface area contributed by atoms with Crippen molar-refractivity contribution in [3.8, 4) is 0 Å². The minimum atomic E-state index is -3.49. The SMILES string of the molecule is CCc1ccc(S(=O)(=O)N2CCC(NC(=O)c3ccccc3S)CC2)cc1. The Kier molecular flexibility index (Phi) is 6.24. The molecule has 0 radical (unpaired) electrons. The molecule has 27 heavy (non-hydrogen) atoms. The molecule has 1 N–H and O–H groups in total. The number of thiol groups is 1. The Morgan fingerprint density at radius 3 is 2.33 bits per heavy atom. The maximum atomic E-state index is 12.8. The number of piperidine rings is 1. The zero-order valence-electron chi connectivity index (χ0n) is 15.3. The quantitative estimate of drug-likeness (QED) is 0.753. The van der Waals surface area contributed by atoms with Crippen molar-refractivity contribution in [2.45, 2.75) is 42.0 Å². The molecular weight excluding hydrogens is 380 g/mol. The van der Waals surface area contributed by atoms with Gasteiger partial charge in [-0.1, -0.05) is 31.2 Å². The smallest absolute Gasteiger partial charge is 0.252 e. The topological polar surface area (TPSA) is 66.5 Å². The number of nitrogens with zero attached hydrogens (tertiary/aromatic N) is 1. The van der Waals surface area contributed by atoms with Crippen molar-refractivity contribution in [3.05, 3.63) is 59.7 Å². The van der Waals surface area contributed by atoms with Crippen LogP contribution in [-0.2, 0) is 16.4 Å². The van der Waals surface area contributed by atoms with E-state index in [-0.39, 0.29) is 11.9 Å². The number of hydrogen-bond acceptors (Lipinski definition) is 4. The number of rotatable bonds is 5. The van der Waals surface area contributed by atoms with Crippen LogP contribution in [0, 0.1) is 0 Å². The summed E-state index contributed by atoms with van der Waals surface area (Å²) in [5.74, 6) is -0.169. The first-order valence-corrected chi connectivity index (χ1v) is 11.0. The van der Waals surface area contributed by atoms with Crippen molar-refractivity contribution < 1.29 is 13.2 Å². The molecule has 0 unspecified atom stereocenters. The third kappa shape index (κ3) is 4.54. The molecule has 144 valence electrons. The van der Waals surface area contributed by atoms with Crippen LogP contribution in [0.1, 0.15) is 35.7 Å². The van der Waals surface area contributed by atoms with E-state index < -0.39 is 10.0 Å². The molecule has 0 saturated carbocycles. The van der Waals surface area contributed by atoms with Crippen LogP contribution in [0.4, 0.5) is 0 Å². The highest BCUT2D eigenvalue weighted by Crippen LogP contribution is 2.22. The average Bonchev–Trinajstić information content (AvgIpc) is 2.68. The van der Waals surface area contributed by atoms with Crippen molar-refractivity contribution >= 4 is 28.6 Å². The summed E-state index contributed by atoms with van der Waals surface area (Å²) in [7, 11) is -3.49. The summed E-state index contributed by atoms with van der Waals surface area (Å²) in [6.45, 7) is 2.82. The Bertz CT molecular complexity index is 903. The molecule has 0 spiro atoms. The molecule has 7 heteroatoms. The molecule has 2 aromatic carbocycles. The highest BCUT2D eigenvalue weighted by atomic mass is 32.2. The van der Waals surface area contributed by atoms with E-state index in [4.69, 9.17) is 0 Å². The predicted octanol–water partition coefficient (Wildman–Crippen LogP) is 3.12. The lowest BCUT2D eigenvalue weighted by atomic mass is 10.1. The van der Waals surface area contributed by atoms with Crippen LogP contribution in [0.5, 0.6) is 0 Å². The van der Waals surface area contributed by atoms with Crippen LogP contribution in [0.2, 0.25) is 0 Å². The van der Waals surface area contributed by atoms with Gasteiger partial charge in [0.15, 0.2) is 0 Å². The minimum Gasteiger partial charge on any atom is -0.349 e. The molecule has 1 saturated heterocycles. The molecule has 0 aliphatic carbocycles. The second-order valence-electron chi connectivity index (χ2n) is 6.67. The number of amides is 1. The fraction of sp³-hybridized carbons (Fsp3) is 0.350. The largest absolute Gasteiger partial charge is 0.349 e. The monoisotopic (exact) mass is 404 g/mol. The van der Waals surface area contributed by atoms with Crippen LogP contribution >= 0.6 is 12.6 Å². The summed E-state index contributed by atoms with van der Waals surface area (Å²) in [5.41, 5.74) is 1.65. The highest BCUT2D eigenvalue weighted by molar-refractivity contribution is 7.89. The van der Waals surface area contributed by atoms with E-state index in [0.717, 1.165) is 12.0 Å². The summed E-state index contributed by atoms with van der Waals surface area (Å²) >= 11 is 4.31. The number of hydrogen-bond donors (Lipinski definition) is 2. The van der Waals surface area contributed by atoms with E-state index >= 15 is 0 Å². The van der Waals surface area contributed by atoms with Crippen molar-refractivity contribution in [3.63, 3.8) is 0 Å². The number of nitrogens with one attached hydrogen (secondary N) is 1. The lowest BCUT2D eigenvalue weighted by Crippen LogP contribution is -2.46. The van der Waals surface area contributed by atoms with Crippen LogP contribution in [0.3, 0.4) is 0 Å². The van der Waals surface area contributed by atoms with Crippen LogP contribution in [-0.4, -0.2) is 37.8 Å². The molecule has 1 aliphatic rings. The molecule has 1 aliphatic heterocycles. The van der Waals surface area contributed by atoms with Crippen LogP contribution in [0.25, 0.3) is 0 Å². The molecule has 0 aromatic heterocycles. The van der Waals surface area contributed by atoms with Crippen molar-refractivity contribution in [1.82, 2.24) is 9.62 Å². The normalized spacial score (nSPS) is 16.2. The van der Waals surface area contributed by atoms with E-state index in [1.165, 1.54) is 4.31 Å². The van der Waals surface area contributed by atoms with Gasteiger partial charge in [0, 0.05) is 24.0 Å². The number of carbonyl (C=O) groups is 1. The molecule has 0 atom stereocenters. The Morgan fingerprint density at radius 2 is 1.74 bits per heavy atom. The van der Waals surface area contributed by atoms with Gasteiger partial charge in [-0.05, 0) is 49.1 Å².